The molecule has 0 fully saturated rings. The normalized spacial score (nSPS) is 18.7. The number of fused-ring (bicyclic) bond motifs is 2. The van der Waals surface area contributed by atoms with Gasteiger partial charge in [0.25, 0.3) is 0 Å². The maximum absolute atomic E-state index is 12.7. The summed E-state index contributed by atoms with van der Waals surface area (Å²) >= 11 is 5.97. The van der Waals surface area contributed by atoms with Crippen LogP contribution in [0.25, 0.3) is 0 Å². The number of carbonyl (C=O) groups is 1. The van der Waals surface area contributed by atoms with Gasteiger partial charge in [0.05, 0.1) is 5.69 Å². The third-order valence-corrected chi connectivity index (χ3v) is 6.57. The molecule has 27 heavy (non-hydrogen) atoms. The van der Waals surface area contributed by atoms with Gasteiger partial charge in [-0.3, -0.25) is 9.48 Å². The van der Waals surface area contributed by atoms with E-state index in [9.17, 15) is 4.79 Å². The second-order valence-corrected chi connectivity index (χ2v) is 8.26. The van der Waals surface area contributed by atoms with Crippen LogP contribution < -0.4 is 0 Å². The van der Waals surface area contributed by atoms with E-state index >= 15 is 0 Å². The Morgan fingerprint density at radius 3 is 2.81 bits per heavy atom. The first kappa shape index (κ1) is 18.5. The Hall–Kier alpha value is -1.81. The van der Waals surface area contributed by atoms with Crippen LogP contribution in [0.4, 0.5) is 0 Å². The van der Waals surface area contributed by atoms with Gasteiger partial charge in [0, 0.05) is 31.7 Å². The molecule has 1 aromatic carbocycles. The Balaban J connectivity index is 1.56. The lowest BCUT2D eigenvalue weighted by Crippen LogP contribution is -2.43. The van der Waals surface area contributed by atoms with Crippen LogP contribution in [-0.2, 0) is 44.1 Å². The van der Waals surface area contributed by atoms with Crippen LogP contribution in [0.3, 0.4) is 0 Å². The molecule has 2 aliphatic carbocycles. The first-order valence-corrected chi connectivity index (χ1v) is 10.6. The van der Waals surface area contributed by atoms with E-state index < -0.39 is 0 Å². The number of aryl methyl sites for hydroxylation is 3. The Morgan fingerprint density at radius 1 is 1.26 bits per heavy atom. The number of aromatic nitrogens is 2. The lowest BCUT2D eigenvalue weighted by Gasteiger charge is -2.34. The number of rotatable bonds is 4. The maximum Gasteiger partial charge on any atom is 0.238 e. The summed E-state index contributed by atoms with van der Waals surface area (Å²) in [5.74, 6) is 0.0608. The number of benzene rings is 1. The van der Waals surface area contributed by atoms with Gasteiger partial charge in [0.1, 0.15) is 5.88 Å². The fraction of sp³-hybridized carbons (Fsp3) is 0.545. The average Bonchev–Trinajstić information content (AvgIpc) is 2.98. The molecule has 0 saturated carbocycles. The summed E-state index contributed by atoms with van der Waals surface area (Å²) in [6.45, 7) is 2.77. The molecule has 1 heterocycles. The van der Waals surface area contributed by atoms with Crippen LogP contribution in [0, 0.1) is 6.92 Å². The van der Waals surface area contributed by atoms with Crippen molar-refractivity contribution < 1.29 is 4.79 Å². The highest BCUT2D eigenvalue weighted by atomic mass is 35.5. The number of alkyl halides is 1. The van der Waals surface area contributed by atoms with Gasteiger partial charge in [-0.2, -0.15) is 5.10 Å². The number of halogens is 1. The molecule has 1 unspecified atom stereocenters. The lowest BCUT2D eigenvalue weighted by molar-refractivity contribution is -0.131. The van der Waals surface area contributed by atoms with E-state index in [-0.39, 0.29) is 17.8 Å². The number of nitrogens with zero attached hydrogens (tertiary/aromatic N) is 3. The number of hydrogen-bond donors (Lipinski definition) is 0. The zero-order valence-electron chi connectivity index (χ0n) is 16.3. The number of hydrogen-bond acceptors (Lipinski definition) is 2. The minimum Gasteiger partial charge on any atom is -0.334 e. The van der Waals surface area contributed by atoms with Crippen LogP contribution in [0.1, 0.15) is 52.9 Å². The zero-order valence-corrected chi connectivity index (χ0v) is 17.1. The summed E-state index contributed by atoms with van der Waals surface area (Å²) < 4.78 is 1.96. The third kappa shape index (κ3) is 3.64. The van der Waals surface area contributed by atoms with Crippen molar-refractivity contribution in [1.29, 1.82) is 0 Å². The monoisotopic (exact) mass is 385 g/mol. The predicted molar refractivity (Wildman–Crippen MR) is 108 cm³/mol. The standard InChI is InChI=1S/C22H28ClN3O/c1-15-20-10-9-19(12-21(20)24-25(15)2)26(22(27)13-23)14-16-7-8-17-5-3-4-6-18(17)11-16/h7-8,11,19H,3-6,9-10,12-14H2,1-2H3. The van der Waals surface area contributed by atoms with E-state index in [1.54, 1.807) is 0 Å². The van der Waals surface area contributed by atoms with Crippen molar-refractivity contribution >= 4 is 17.5 Å². The molecule has 5 heteroatoms. The molecule has 1 amide bonds. The van der Waals surface area contributed by atoms with Gasteiger partial charge in [-0.05, 0) is 67.7 Å². The van der Waals surface area contributed by atoms with E-state index in [1.165, 1.54) is 47.2 Å². The van der Waals surface area contributed by atoms with E-state index in [2.05, 4.69) is 30.2 Å². The summed E-state index contributed by atoms with van der Waals surface area (Å²) in [6.07, 6.45) is 7.69. The van der Waals surface area contributed by atoms with Crippen molar-refractivity contribution in [2.75, 3.05) is 5.88 Å². The van der Waals surface area contributed by atoms with E-state index in [0.29, 0.717) is 6.54 Å². The molecule has 0 bridgehead atoms. The fourth-order valence-electron chi connectivity index (χ4n) is 4.69. The molecule has 2 aromatic rings. The molecule has 4 rings (SSSR count). The maximum atomic E-state index is 12.7. The Labute approximate surface area is 166 Å². The van der Waals surface area contributed by atoms with Crippen molar-refractivity contribution in [2.24, 2.45) is 7.05 Å². The topological polar surface area (TPSA) is 38.1 Å². The Bertz CT molecular complexity index is 857. The van der Waals surface area contributed by atoms with Gasteiger partial charge in [0.2, 0.25) is 5.91 Å². The fourth-order valence-corrected chi connectivity index (χ4v) is 4.85. The lowest BCUT2D eigenvalue weighted by atomic mass is 9.89. The van der Waals surface area contributed by atoms with Gasteiger partial charge in [-0.1, -0.05) is 18.2 Å². The molecule has 4 nitrogen and oxygen atoms in total. The first-order chi connectivity index (χ1) is 13.1. The SMILES string of the molecule is Cc1c2c(nn1C)CC(N(Cc1ccc3c(c1)CCCC3)C(=O)CCl)CC2. The molecule has 0 N–H and O–H groups in total. The van der Waals surface area contributed by atoms with Crippen LogP contribution in [0.15, 0.2) is 18.2 Å². The van der Waals surface area contributed by atoms with Crippen LogP contribution in [0.5, 0.6) is 0 Å². The molecular formula is C22H28ClN3O. The van der Waals surface area contributed by atoms with Crippen molar-refractivity contribution in [3.63, 3.8) is 0 Å². The van der Waals surface area contributed by atoms with Gasteiger partial charge in [-0.25, -0.2) is 0 Å². The highest BCUT2D eigenvalue weighted by molar-refractivity contribution is 6.27. The summed E-state index contributed by atoms with van der Waals surface area (Å²) in [5, 5.41) is 4.68. The van der Waals surface area contributed by atoms with E-state index in [0.717, 1.165) is 31.4 Å². The van der Waals surface area contributed by atoms with Gasteiger partial charge >= 0.3 is 0 Å². The predicted octanol–water partition coefficient (Wildman–Crippen LogP) is 3.73. The molecule has 1 aromatic heterocycles. The third-order valence-electron chi connectivity index (χ3n) is 6.34. The van der Waals surface area contributed by atoms with Gasteiger partial charge < -0.3 is 4.90 Å². The van der Waals surface area contributed by atoms with E-state index in [1.807, 2.05) is 16.6 Å². The largest absolute Gasteiger partial charge is 0.334 e. The Kier molecular flexibility index (Phi) is 5.27. The van der Waals surface area contributed by atoms with Crippen molar-refractivity contribution in [3.05, 3.63) is 51.8 Å². The summed E-state index contributed by atoms with van der Waals surface area (Å²) in [7, 11) is 2.00. The summed E-state index contributed by atoms with van der Waals surface area (Å²) in [5.41, 5.74) is 7.91. The van der Waals surface area contributed by atoms with E-state index in [4.69, 9.17) is 11.6 Å². The highest BCUT2D eigenvalue weighted by Crippen LogP contribution is 2.28. The molecule has 0 radical (unpaired) electrons. The van der Waals surface area contributed by atoms with Crippen LogP contribution in [-0.4, -0.2) is 32.5 Å². The highest BCUT2D eigenvalue weighted by Gasteiger charge is 2.30. The number of carbonyl (C=O) groups excluding carboxylic acids is 1. The molecule has 2 aliphatic rings. The smallest absolute Gasteiger partial charge is 0.238 e. The molecular weight excluding hydrogens is 358 g/mol. The van der Waals surface area contributed by atoms with Gasteiger partial charge in [-0.15, -0.1) is 11.6 Å². The molecule has 0 saturated heterocycles. The summed E-state index contributed by atoms with van der Waals surface area (Å²) in [4.78, 5) is 14.6. The Morgan fingerprint density at radius 2 is 2.04 bits per heavy atom. The number of amides is 1. The zero-order chi connectivity index (χ0) is 19.0. The minimum atomic E-state index is 0.0236. The minimum absolute atomic E-state index is 0.0236. The second kappa shape index (κ2) is 7.67. The van der Waals surface area contributed by atoms with Crippen molar-refractivity contribution in [1.82, 2.24) is 14.7 Å². The van der Waals surface area contributed by atoms with Crippen molar-refractivity contribution in [2.45, 2.75) is 64.5 Å². The second-order valence-electron chi connectivity index (χ2n) is 8.00. The van der Waals surface area contributed by atoms with Crippen LogP contribution >= 0.6 is 11.6 Å². The molecule has 0 spiro atoms. The van der Waals surface area contributed by atoms with Crippen LogP contribution in [0.2, 0.25) is 0 Å². The first-order valence-electron chi connectivity index (χ1n) is 10.0. The average molecular weight is 386 g/mol. The molecule has 1 atom stereocenters. The summed E-state index contributed by atoms with van der Waals surface area (Å²) in [6, 6.07) is 6.93. The van der Waals surface area contributed by atoms with Crippen molar-refractivity contribution in [3.8, 4) is 0 Å². The quantitative estimate of drug-likeness (QED) is 0.752. The molecule has 144 valence electrons. The molecule has 0 aliphatic heterocycles. The van der Waals surface area contributed by atoms with Gasteiger partial charge in [0.15, 0.2) is 0 Å².